The van der Waals surface area contributed by atoms with E-state index in [4.69, 9.17) is 6.42 Å². The summed E-state index contributed by atoms with van der Waals surface area (Å²) in [5.41, 5.74) is 3.88. The summed E-state index contributed by atoms with van der Waals surface area (Å²) in [5, 5.41) is 3.32. The van der Waals surface area contributed by atoms with E-state index in [1.165, 1.54) is 16.8 Å². The molecule has 1 heterocycles. The molecule has 1 aromatic carbocycles. The number of hydrogen-bond donors (Lipinski definition) is 1. The number of anilines is 1. The van der Waals surface area contributed by atoms with Gasteiger partial charge in [-0.05, 0) is 24.0 Å². The number of guanidine groups is 1. The number of nitrogens with one attached hydrogen (secondary N) is 1. The second-order valence-corrected chi connectivity index (χ2v) is 4.55. The fourth-order valence-corrected chi connectivity index (χ4v) is 2.48. The highest BCUT2D eigenvalue weighted by atomic mass is 15.3. The van der Waals surface area contributed by atoms with Crippen molar-refractivity contribution in [2.24, 2.45) is 4.99 Å². The number of rotatable bonds is 4. The van der Waals surface area contributed by atoms with E-state index in [-0.39, 0.29) is 0 Å². The van der Waals surface area contributed by atoms with Crippen LogP contribution in [0, 0.1) is 12.3 Å². The fourth-order valence-electron chi connectivity index (χ4n) is 2.48. The summed E-state index contributed by atoms with van der Waals surface area (Å²) in [6.07, 6.45) is 7.54. The smallest absolute Gasteiger partial charge is 0.199 e. The van der Waals surface area contributed by atoms with E-state index in [0.717, 1.165) is 31.9 Å². The monoisotopic (exact) mass is 255 g/mol. The van der Waals surface area contributed by atoms with Crippen LogP contribution in [0.4, 0.5) is 5.69 Å². The molecule has 0 aromatic heterocycles. The van der Waals surface area contributed by atoms with Crippen molar-refractivity contribution in [3.63, 3.8) is 0 Å². The average molecular weight is 255 g/mol. The first-order valence-corrected chi connectivity index (χ1v) is 6.91. The fraction of sp³-hybridized carbons (Fsp3) is 0.438. The van der Waals surface area contributed by atoms with Gasteiger partial charge < -0.3 is 10.2 Å². The molecule has 0 aliphatic carbocycles. The van der Waals surface area contributed by atoms with Crippen molar-refractivity contribution < 1.29 is 0 Å². The third-order valence-corrected chi connectivity index (χ3v) is 3.40. The Morgan fingerprint density at radius 1 is 1.32 bits per heavy atom. The van der Waals surface area contributed by atoms with Crippen LogP contribution in [-0.2, 0) is 12.8 Å². The van der Waals surface area contributed by atoms with E-state index in [0.29, 0.717) is 6.54 Å². The van der Waals surface area contributed by atoms with Gasteiger partial charge in [-0.15, -0.1) is 6.42 Å². The quantitative estimate of drug-likeness (QED) is 0.835. The van der Waals surface area contributed by atoms with Crippen LogP contribution in [0.5, 0.6) is 0 Å². The van der Waals surface area contributed by atoms with Crippen molar-refractivity contribution in [2.75, 3.05) is 24.5 Å². The molecule has 3 heteroatoms. The number of terminal acetylenes is 1. The molecular weight excluding hydrogens is 234 g/mol. The number of aryl methyl sites for hydroxylation is 2. The van der Waals surface area contributed by atoms with Crippen LogP contribution in [0.1, 0.15) is 25.0 Å². The van der Waals surface area contributed by atoms with Crippen LogP contribution in [0.25, 0.3) is 0 Å². The largest absolute Gasteiger partial charge is 0.354 e. The van der Waals surface area contributed by atoms with Gasteiger partial charge in [0.25, 0.3) is 0 Å². The lowest BCUT2D eigenvalue weighted by molar-refractivity contribution is 0.941. The minimum absolute atomic E-state index is 0.551. The Labute approximate surface area is 115 Å². The summed E-state index contributed by atoms with van der Waals surface area (Å²) in [4.78, 5) is 6.66. The lowest BCUT2D eigenvalue weighted by Gasteiger charge is -2.27. The first-order valence-electron chi connectivity index (χ1n) is 6.91. The Kier molecular flexibility index (Phi) is 4.46. The van der Waals surface area contributed by atoms with Crippen LogP contribution in [0.3, 0.4) is 0 Å². The maximum atomic E-state index is 5.54. The first kappa shape index (κ1) is 13.5. The Hall–Kier alpha value is -1.95. The number of nitrogens with zero attached hydrogens (tertiary/aromatic N) is 2. The van der Waals surface area contributed by atoms with Crippen LogP contribution < -0.4 is 10.2 Å². The minimum Gasteiger partial charge on any atom is -0.354 e. The standard InChI is InChI=1S/C16H21N3/c1-4-12-19(16-17-10-11-18-16)15-13(5-2)8-7-9-14(15)6-3/h1,7-9H,5-6,10-12H2,2-3H3,(H,17,18). The van der Waals surface area contributed by atoms with E-state index < -0.39 is 0 Å². The van der Waals surface area contributed by atoms with E-state index in [2.05, 4.69) is 53.2 Å². The summed E-state index contributed by atoms with van der Waals surface area (Å²) in [6.45, 7) is 6.63. The average Bonchev–Trinajstić information content (AvgIpc) is 2.98. The molecule has 1 aliphatic heterocycles. The van der Waals surface area contributed by atoms with Crippen molar-refractivity contribution in [1.29, 1.82) is 0 Å². The maximum Gasteiger partial charge on any atom is 0.199 e. The molecule has 2 rings (SSSR count). The minimum atomic E-state index is 0.551. The zero-order valence-electron chi connectivity index (χ0n) is 11.7. The zero-order chi connectivity index (χ0) is 13.7. The molecule has 0 saturated carbocycles. The predicted octanol–water partition coefficient (Wildman–Crippen LogP) is 2.21. The number of para-hydroxylation sites is 1. The van der Waals surface area contributed by atoms with Gasteiger partial charge in [0.1, 0.15) is 0 Å². The van der Waals surface area contributed by atoms with Gasteiger partial charge in [0.2, 0.25) is 0 Å². The molecule has 0 fully saturated rings. The summed E-state index contributed by atoms with van der Waals surface area (Å²) >= 11 is 0. The van der Waals surface area contributed by atoms with Gasteiger partial charge in [0, 0.05) is 6.54 Å². The third-order valence-electron chi connectivity index (χ3n) is 3.40. The summed E-state index contributed by atoms with van der Waals surface area (Å²) < 4.78 is 0. The first-order chi connectivity index (χ1) is 9.31. The van der Waals surface area contributed by atoms with E-state index >= 15 is 0 Å². The normalized spacial score (nSPS) is 13.6. The second-order valence-electron chi connectivity index (χ2n) is 4.55. The molecule has 19 heavy (non-hydrogen) atoms. The van der Waals surface area contributed by atoms with Gasteiger partial charge in [-0.1, -0.05) is 38.0 Å². The van der Waals surface area contributed by atoms with Gasteiger partial charge in [0.15, 0.2) is 5.96 Å². The van der Waals surface area contributed by atoms with Crippen molar-refractivity contribution in [2.45, 2.75) is 26.7 Å². The highest BCUT2D eigenvalue weighted by molar-refractivity contribution is 5.98. The summed E-state index contributed by atoms with van der Waals surface area (Å²) in [5.74, 6) is 3.66. The molecule has 0 bridgehead atoms. The molecule has 1 N–H and O–H groups in total. The van der Waals surface area contributed by atoms with Gasteiger partial charge >= 0.3 is 0 Å². The molecule has 0 atom stereocenters. The Balaban J connectivity index is 2.48. The number of aliphatic imine (C=N–C) groups is 1. The highest BCUT2D eigenvalue weighted by Crippen LogP contribution is 2.27. The summed E-state index contributed by atoms with van der Waals surface area (Å²) in [6, 6.07) is 6.47. The Morgan fingerprint density at radius 3 is 2.47 bits per heavy atom. The van der Waals surface area contributed by atoms with Gasteiger partial charge in [-0.25, -0.2) is 0 Å². The third kappa shape index (κ3) is 2.73. The van der Waals surface area contributed by atoms with Crippen LogP contribution in [0.15, 0.2) is 23.2 Å². The molecular formula is C16H21N3. The van der Waals surface area contributed by atoms with E-state index in [9.17, 15) is 0 Å². The molecule has 100 valence electrons. The maximum absolute atomic E-state index is 5.54. The number of hydrogen-bond acceptors (Lipinski definition) is 3. The SMILES string of the molecule is C#CCN(C1=NCCN1)c1c(CC)cccc1CC. The predicted molar refractivity (Wildman–Crippen MR) is 81.7 cm³/mol. The van der Waals surface area contributed by atoms with E-state index in [1.807, 2.05) is 0 Å². The molecule has 3 nitrogen and oxygen atoms in total. The van der Waals surface area contributed by atoms with Gasteiger partial charge in [-0.2, -0.15) is 0 Å². The van der Waals surface area contributed by atoms with Crippen molar-refractivity contribution in [3.05, 3.63) is 29.3 Å². The topological polar surface area (TPSA) is 27.6 Å². The van der Waals surface area contributed by atoms with Gasteiger partial charge in [0.05, 0.1) is 18.8 Å². The van der Waals surface area contributed by atoms with Crippen molar-refractivity contribution in [3.8, 4) is 12.3 Å². The molecule has 0 unspecified atom stereocenters. The molecule has 1 aromatic rings. The molecule has 0 radical (unpaired) electrons. The lowest BCUT2D eigenvalue weighted by Crippen LogP contribution is -2.40. The molecule has 0 saturated heterocycles. The molecule has 1 aliphatic rings. The van der Waals surface area contributed by atoms with Crippen LogP contribution >= 0.6 is 0 Å². The van der Waals surface area contributed by atoms with Crippen molar-refractivity contribution in [1.82, 2.24) is 5.32 Å². The van der Waals surface area contributed by atoms with Crippen LogP contribution in [0.2, 0.25) is 0 Å². The Morgan fingerprint density at radius 2 is 2.00 bits per heavy atom. The molecule has 0 spiro atoms. The van der Waals surface area contributed by atoms with E-state index in [1.54, 1.807) is 0 Å². The van der Waals surface area contributed by atoms with Crippen molar-refractivity contribution >= 4 is 11.6 Å². The zero-order valence-corrected chi connectivity index (χ0v) is 11.7. The number of benzene rings is 1. The molecule has 0 amide bonds. The lowest BCUT2D eigenvalue weighted by atomic mass is 10.0. The van der Waals surface area contributed by atoms with Gasteiger partial charge in [-0.3, -0.25) is 4.99 Å². The summed E-state index contributed by atoms with van der Waals surface area (Å²) in [7, 11) is 0. The van der Waals surface area contributed by atoms with Crippen LogP contribution in [-0.4, -0.2) is 25.6 Å². The Bertz CT molecular complexity index is 489. The second kappa shape index (κ2) is 6.29. The highest BCUT2D eigenvalue weighted by Gasteiger charge is 2.20.